The molecule has 37 heavy (non-hydrogen) atoms. The minimum Gasteiger partial charge on any atom is -0.489 e. The molecule has 10 heteroatoms. The van der Waals surface area contributed by atoms with E-state index < -0.39 is 29.3 Å². The van der Waals surface area contributed by atoms with Crippen molar-refractivity contribution < 1.29 is 23.8 Å². The fraction of sp³-hybridized carbons (Fsp3) is 0.444. The molecular weight excluding hydrogens is 474 g/mol. The van der Waals surface area contributed by atoms with Crippen molar-refractivity contribution in [3.05, 3.63) is 60.2 Å². The summed E-state index contributed by atoms with van der Waals surface area (Å²) in [7, 11) is 0. The minimum absolute atomic E-state index is 0.0871. The molecule has 0 aliphatic rings. The molecule has 0 aliphatic heterocycles. The van der Waals surface area contributed by atoms with E-state index in [1.54, 1.807) is 41.5 Å². The van der Waals surface area contributed by atoms with Gasteiger partial charge in [-0.25, -0.2) is 4.79 Å². The molecule has 0 saturated carbocycles. The van der Waals surface area contributed by atoms with Gasteiger partial charge in [0.15, 0.2) is 0 Å². The summed E-state index contributed by atoms with van der Waals surface area (Å²) in [6, 6.07) is 16.6. The van der Waals surface area contributed by atoms with Crippen LogP contribution in [0.25, 0.3) is 11.4 Å². The van der Waals surface area contributed by atoms with Crippen molar-refractivity contribution in [2.75, 3.05) is 0 Å². The monoisotopic (exact) mass is 509 g/mol. The van der Waals surface area contributed by atoms with Crippen LogP contribution >= 0.6 is 0 Å². The zero-order valence-corrected chi connectivity index (χ0v) is 22.2. The van der Waals surface area contributed by atoms with E-state index in [0.717, 1.165) is 11.1 Å². The van der Waals surface area contributed by atoms with Crippen molar-refractivity contribution in [3.63, 3.8) is 0 Å². The Balaban J connectivity index is 1.69. The fourth-order valence-corrected chi connectivity index (χ4v) is 3.32. The largest absolute Gasteiger partial charge is 0.489 e. The number of nitrogens with one attached hydrogen (secondary N) is 1. The van der Waals surface area contributed by atoms with Crippen LogP contribution in [0.5, 0.6) is 5.75 Å². The highest BCUT2D eigenvalue weighted by Gasteiger charge is 2.25. The van der Waals surface area contributed by atoms with Gasteiger partial charge in [0.1, 0.15) is 23.6 Å². The van der Waals surface area contributed by atoms with Gasteiger partial charge in [-0.05, 0) is 64.5 Å². The highest BCUT2D eigenvalue weighted by molar-refractivity contribution is 5.73. The molecule has 1 aromatic heterocycles. The lowest BCUT2D eigenvalue weighted by Gasteiger charge is -2.24. The molecule has 3 rings (SSSR count). The summed E-state index contributed by atoms with van der Waals surface area (Å²) in [4.78, 5) is 26.2. The lowest BCUT2D eigenvalue weighted by atomic mass is 10.1. The van der Waals surface area contributed by atoms with Gasteiger partial charge < -0.3 is 19.5 Å². The number of rotatable bonds is 9. The number of nitrogens with zero attached hydrogens (tertiary/aromatic N) is 4. The van der Waals surface area contributed by atoms with Crippen molar-refractivity contribution in [1.29, 1.82) is 0 Å². The van der Waals surface area contributed by atoms with Crippen LogP contribution in [0.15, 0.2) is 54.6 Å². The molecule has 0 fully saturated rings. The number of carbonyl (C=O) groups excluding carboxylic acids is 2. The summed E-state index contributed by atoms with van der Waals surface area (Å²) in [6.45, 7) is 11.2. The molecule has 1 heterocycles. The zero-order valence-electron chi connectivity index (χ0n) is 22.2. The molecule has 2 aromatic carbocycles. The fourth-order valence-electron chi connectivity index (χ4n) is 3.32. The maximum Gasteiger partial charge on any atom is 0.407 e. The van der Waals surface area contributed by atoms with Crippen molar-refractivity contribution in [2.24, 2.45) is 0 Å². The smallest absolute Gasteiger partial charge is 0.407 e. The van der Waals surface area contributed by atoms with E-state index in [2.05, 4.69) is 20.7 Å². The van der Waals surface area contributed by atoms with Crippen molar-refractivity contribution in [2.45, 2.75) is 78.4 Å². The molecule has 1 amide bonds. The van der Waals surface area contributed by atoms with Crippen molar-refractivity contribution in [3.8, 4) is 17.1 Å². The van der Waals surface area contributed by atoms with Crippen LogP contribution in [-0.2, 0) is 27.4 Å². The van der Waals surface area contributed by atoms with Gasteiger partial charge in [-0.15, -0.1) is 10.2 Å². The molecule has 0 unspecified atom stereocenters. The molecule has 1 atom stereocenters. The molecular formula is C27H35N5O5. The predicted octanol–water partition coefficient (Wildman–Crippen LogP) is 4.54. The predicted molar refractivity (Wildman–Crippen MR) is 138 cm³/mol. The summed E-state index contributed by atoms with van der Waals surface area (Å²) in [5, 5.41) is 15.4. The third kappa shape index (κ3) is 9.91. The first kappa shape index (κ1) is 27.6. The number of hydrogen-bond acceptors (Lipinski definition) is 8. The molecule has 0 aliphatic carbocycles. The Morgan fingerprint density at radius 1 is 0.946 bits per heavy atom. The summed E-state index contributed by atoms with van der Waals surface area (Å²) < 4.78 is 16.7. The number of benzene rings is 2. The first-order valence-corrected chi connectivity index (χ1v) is 12.1. The first-order valence-electron chi connectivity index (χ1n) is 12.1. The summed E-state index contributed by atoms with van der Waals surface area (Å²) in [6.07, 6.45) is -0.736. The average Bonchev–Trinajstić information content (AvgIpc) is 3.24. The number of esters is 1. The third-order valence-electron chi connectivity index (χ3n) is 4.73. The Kier molecular flexibility index (Phi) is 8.86. The van der Waals surface area contributed by atoms with E-state index in [9.17, 15) is 9.59 Å². The van der Waals surface area contributed by atoms with Crippen LogP contribution in [0.3, 0.4) is 0 Å². The Morgan fingerprint density at radius 2 is 1.65 bits per heavy atom. The lowest BCUT2D eigenvalue weighted by Crippen LogP contribution is -2.43. The van der Waals surface area contributed by atoms with Crippen molar-refractivity contribution in [1.82, 2.24) is 25.5 Å². The van der Waals surface area contributed by atoms with E-state index >= 15 is 0 Å². The SMILES string of the molecule is CC(C)(C)OC(=O)C[C@H](Cn1nnc(-c2cccc(OCc3ccccc3)c2)n1)NC(=O)OC(C)(C)C. The highest BCUT2D eigenvalue weighted by Crippen LogP contribution is 2.21. The quantitative estimate of drug-likeness (QED) is 0.418. The van der Waals surface area contributed by atoms with Gasteiger partial charge in [0.2, 0.25) is 5.82 Å². The number of ether oxygens (including phenoxy) is 3. The molecule has 0 saturated heterocycles. The number of tetrazole rings is 1. The molecule has 3 aromatic rings. The Morgan fingerprint density at radius 3 is 2.32 bits per heavy atom. The maximum absolute atomic E-state index is 12.5. The van der Waals surface area contributed by atoms with Gasteiger partial charge in [0, 0.05) is 5.56 Å². The maximum atomic E-state index is 12.5. The zero-order chi connectivity index (χ0) is 27.1. The topological polar surface area (TPSA) is 117 Å². The van der Waals surface area contributed by atoms with Crippen LogP contribution < -0.4 is 10.1 Å². The van der Waals surface area contributed by atoms with Crippen LogP contribution in [0.2, 0.25) is 0 Å². The van der Waals surface area contributed by atoms with E-state index in [1.807, 2.05) is 54.6 Å². The number of alkyl carbamates (subject to hydrolysis) is 1. The molecule has 0 spiro atoms. The first-order chi connectivity index (χ1) is 17.4. The standard InChI is InChI=1S/C27H35N5O5/c1-26(2,3)36-23(33)16-21(28-25(34)37-27(4,5)6)17-32-30-24(29-31-32)20-13-10-14-22(15-20)35-18-19-11-8-7-9-12-19/h7-15,21H,16-18H2,1-6H3,(H,28,34)/t21-/m1/s1. The van der Waals surface area contributed by atoms with Gasteiger partial charge in [-0.3, -0.25) is 4.79 Å². The van der Waals surface area contributed by atoms with Crippen LogP contribution in [0.4, 0.5) is 4.79 Å². The number of carbonyl (C=O) groups is 2. The summed E-state index contributed by atoms with van der Waals surface area (Å²) in [5.74, 6) is 0.600. The van der Waals surface area contributed by atoms with Crippen LogP contribution in [0, 0.1) is 0 Å². The minimum atomic E-state index is -0.688. The van der Waals surface area contributed by atoms with E-state index in [0.29, 0.717) is 18.2 Å². The Bertz CT molecular complexity index is 1150. The lowest BCUT2D eigenvalue weighted by molar-refractivity contribution is -0.155. The normalized spacial score (nSPS) is 12.5. The van der Waals surface area contributed by atoms with Gasteiger partial charge in [0.25, 0.3) is 0 Å². The van der Waals surface area contributed by atoms with Crippen LogP contribution in [0.1, 0.15) is 53.5 Å². The second kappa shape index (κ2) is 11.9. The third-order valence-corrected chi connectivity index (χ3v) is 4.73. The second-order valence-electron chi connectivity index (χ2n) is 10.6. The summed E-state index contributed by atoms with van der Waals surface area (Å²) in [5.41, 5.74) is 0.443. The molecule has 198 valence electrons. The number of hydrogen-bond donors (Lipinski definition) is 1. The Hall–Kier alpha value is -3.95. The molecule has 1 N–H and O–H groups in total. The van der Waals surface area contributed by atoms with Crippen LogP contribution in [-0.4, -0.2) is 49.5 Å². The van der Waals surface area contributed by atoms with E-state index in [-0.39, 0.29) is 13.0 Å². The van der Waals surface area contributed by atoms with E-state index in [4.69, 9.17) is 14.2 Å². The molecule has 0 bridgehead atoms. The average molecular weight is 510 g/mol. The highest BCUT2D eigenvalue weighted by atomic mass is 16.6. The van der Waals surface area contributed by atoms with E-state index in [1.165, 1.54) is 4.80 Å². The van der Waals surface area contributed by atoms with Gasteiger partial charge in [-0.2, -0.15) is 4.80 Å². The number of amides is 1. The molecule has 10 nitrogen and oxygen atoms in total. The number of aromatic nitrogens is 4. The molecule has 0 radical (unpaired) electrons. The van der Waals surface area contributed by atoms with Gasteiger partial charge >= 0.3 is 12.1 Å². The van der Waals surface area contributed by atoms with Gasteiger partial charge in [-0.1, -0.05) is 42.5 Å². The Labute approximate surface area is 217 Å². The van der Waals surface area contributed by atoms with Gasteiger partial charge in [0.05, 0.1) is 19.0 Å². The van der Waals surface area contributed by atoms with Crippen molar-refractivity contribution >= 4 is 12.1 Å². The second-order valence-corrected chi connectivity index (χ2v) is 10.6. The summed E-state index contributed by atoms with van der Waals surface area (Å²) >= 11 is 0.